The van der Waals surface area contributed by atoms with Gasteiger partial charge >= 0.3 is 5.97 Å². The van der Waals surface area contributed by atoms with Gasteiger partial charge in [-0.2, -0.15) is 0 Å². The van der Waals surface area contributed by atoms with Crippen LogP contribution in [0, 0.1) is 5.41 Å². The van der Waals surface area contributed by atoms with Crippen LogP contribution < -0.4 is 5.73 Å². The van der Waals surface area contributed by atoms with Crippen LogP contribution in [0.25, 0.3) is 0 Å². The van der Waals surface area contributed by atoms with E-state index < -0.39 is 12.2 Å². The number of carbonyl (C=O) groups excluding carboxylic acids is 1. The van der Waals surface area contributed by atoms with Crippen LogP contribution in [0.3, 0.4) is 0 Å². The van der Waals surface area contributed by atoms with Crippen LogP contribution in [-0.4, -0.2) is 24.4 Å². The molecule has 0 aliphatic heterocycles. The fourth-order valence-corrected chi connectivity index (χ4v) is 0.854. The van der Waals surface area contributed by atoms with E-state index in [4.69, 9.17) is 10.8 Å². The molecule has 0 amide bonds. The van der Waals surface area contributed by atoms with Gasteiger partial charge in [0.15, 0.2) is 6.79 Å². The first kappa shape index (κ1) is 7.50. The van der Waals surface area contributed by atoms with Crippen molar-refractivity contribution in [3.8, 4) is 0 Å². The maximum atomic E-state index is 10.9. The number of esters is 1. The minimum absolute atomic E-state index is 0.325. The fraction of sp³-hybridized carbons (Fsp3) is 0.833. The SMILES string of the molecule is NCC1(C(=O)OCO)CC1. The lowest BCUT2D eigenvalue weighted by Gasteiger charge is -2.08. The summed E-state index contributed by atoms with van der Waals surface area (Å²) in [6.45, 7) is -0.216. The standard InChI is InChI=1S/C6H11NO3/c7-3-6(1-2-6)5(9)10-4-8/h8H,1-4,7H2. The zero-order valence-corrected chi connectivity index (χ0v) is 5.67. The van der Waals surface area contributed by atoms with E-state index in [9.17, 15) is 4.79 Å². The Balaban J connectivity index is 2.40. The molecule has 1 rings (SSSR count). The topological polar surface area (TPSA) is 72.6 Å². The number of aliphatic hydroxyl groups excluding tert-OH is 1. The lowest BCUT2D eigenvalue weighted by Crippen LogP contribution is -2.27. The van der Waals surface area contributed by atoms with E-state index in [-0.39, 0.29) is 5.97 Å². The molecule has 0 unspecified atom stereocenters. The van der Waals surface area contributed by atoms with Crippen molar-refractivity contribution < 1.29 is 14.6 Å². The van der Waals surface area contributed by atoms with E-state index in [0.717, 1.165) is 12.8 Å². The second kappa shape index (κ2) is 2.56. The summed E-state index contributed by atoms with van der Waals surface area (Å²) >= 11 is 0. The molecule has 0 bridgehead atoms. The quantitative estimate of drug-likeness (QED) is 0.403. The van der Waals surface area contributed by atoms with E-state index in [1.807, 2.05) is 0 Å². The Hall–Kier alpha value is -0.610. The number of carbonyl (C=O) groups is 1. The molecule has 0 aromatic carbocycles. The normalized spacial score (nSPS) is 20.2. The van der Waals surface area contributed by atoms with Crippen LogP contribution in [0.1, 0.15) is 12.8 Å². The molecule has 0 aromatic rings. The van der Waals surface area contributed by atoms with Crippen LogP contribution >= 0.6 is 0 Å². The second-order valence-corrected chi connectivity index (χ2v) is 2.55. The highest BCUT2D eigenvalue weighted by Gasteiger charge is 2.50. The van der Waals surface area contributed by atoms with E-state index in [1.165, 1.54) is 0 Å². The van der Waals surface area contributed by atoms with Gasteiger partial charge in [-0.3, -0.25) is 4.79 Å². The van der Waals surface area contributed by atoms with E-state index >= 15 is 0 Å². The fourth-order valence-electron chi connectivity index (χ4n) is 0.854. The zero-order chi connectivity index (χ0) is 7.61. The van der Waals surface area contributed by atoms with E-state index in [0.29, 0.717) is 6.54 Å². The van der Waals surface area contributed by atoms with Crippen LogP contribution in [-0.2, 0) is 9.53 Å². The van der Waals surface area contributed by atoms with E-state index in [2.05, 4.69) is 4.74 Å². The summed E-state index contributed by atoms with van der Waals surface area (Å²) < 4.78 is 4.40. The first-order chi connectivity index (χ1) is 4.75. The van der Waals surface area contributed by atoms with Gasteiger partial charge < -0.3 is 15.6 Å². The molecule has 1 fully saturated rings. The van der Waals surface area contributed by atoms with Crippen molar-refractivity contribution in [1.82, 2.24) is 0 Å². The first-order valence-electron chi connectivity index (χ1n) is 3.23. The molecule has 0 aromatic heterocycles. The molecule has 0 saturated heterocycles. The van der Waals surface area contributed by atoms with Gasteiger partial charge in [0.1, 0.15) is 0 Å². The third kappa shape index (κ3) is 1.12. The summed E-state index contributed by atoms with van der Waals surface area (Å²) in [4.78, 5) is 10.9. The summed E-state index contributed by atoms with van der Waals surface area (Å²) in [5.41, 5.74) is 4.88. The predicted octanol–water partition coefficient (Wildman–Crippen LogP) is -0.782. The van der Waals surface area contributed by atoms with Gasteiger partial charge in [0.25, 0.3) is 0 Å². The summed E-state index contributed by atoms with van der Waals surface area (Å²) in [7, 11) is 0. The van der Waals surface area contributed by atoms with Gasteiger partial charge in [0, 0.05) is 6.54 Å². The van der Waals surface area contributed by atoms with Crippen molar-refractivity contribution in [2.75, 3.05) is 13.3 Å². The van der Waals surface area contributed by atoms with E-state index in [1.54, 1.807) is 0 Å². The number of hydrogen-bond donors (Lipinski definition) is 2. The molecule has 3 N–H and O–H groups in total. The zero-order valence-electron chi connectivity index (χ0n) is 5.67. The molecule has 4 heteroatoms. The van der Waals surface area contributed by atoms with Gasteiger partial charge in [-0.05, 0) is 12.8 Å². The van der Waals surface area contributed by atoms with Crippen LogP contribution in [0.4, 0.5) is 0 Å². The average Bonchev–Trinajstić information content (AvgIpc) is 2.68. The molecule has 58 valence electrons. The highest BCUT2D eigenvalue weighted by atomic mass is 16.6. The third-order valence-electron chi connectivity index (χ3n) is 1.87. The number of aliphatic hydroxyl groups is 1. The van der Waals surface area contributed by atoms with Crippen molar-refractivity contribution in [2.24, 2.45) is 11.1 Å². The molecule has 0 atom stereocenters. The average molecular weight is 145 g/mol. The Kier molecular flexibility index (Phi) is 1.92. The second-order valence-electron chi connectivity index (χ2n) is 2.55. The number of hydrogen-bond acceptors (Lipinski definition) is 4. The Morgan fingerprint density at radius 2 is 2.30 bits per heavy atom. The minimum atomic E-state index is -0.541. The lowest BCUT2D eigenvalue weighted by molar-refractivity contribution is -0.158. The Labute approximate surface area is 59.0 Å². The van der Waals surface area contributed by atoms with Crippen LogP contribution in [0.2, 0.25) is 0 Å². The molecule has 1 saturated carbocycles. The molecule has 0 radical (unpaired) electrons. The summed E-state index contributed by atoms with van der Waals surface area (Å²) in [5, 5.41) is 8.24. The summed E-state index contributed by atoms with van der Waals surface area (Å²) in [6, 6.07) is 0. The monoisotopic (exact) mass is 145 g/mol. The van der Waals surface area contributed by atoms with Crippen LogP contribution in [0.15, 0.2) is 0 Å². The highest BCUT2D eigenvalue weighted by Crippen LogP contribution is 2.45. The van der Waals surface area contributed by atoms with Crippen molar-refractivity contribution in [3.63, 3.8) is 0 Å². The smallest absolute Gasteiger partial charge is 0.315 e. The minimum Gasteiger partial charge on any atom is -0.438 e. The van der Waals surface area contributed by atoms with Crippen molar-refractivity contribution >= 4 is 5.97 Å². The largest absolute Gasteiger partial charge is 0.438 e. The molecule has 1 aliphatic rings. The van der Waals surface area contributed by atoms with Crippen molar-refractivity contribution in [2.45, 2.75) is 12.8 Å². The summed E-state index contributed by atoms with van der Waals surface area (Å²) in [6.07, 6.45) is 1.59. The number of ether oxygens (including phenoxy) is 1. The molecule has 0 spiro atoms. The van der Waals surface area contributed by atoms with Gasteiger partial charge in [0.05, 0.1) is 5.41 Å². The summed E-state index contributed by atoms with van der Waals surface area (Å²) in [5.74, 6) is -0.363. The predicted molar refractivity (Wildman–Crippen MR) is 33.9 cm³/mol. The first-order valence-corrected chi connectivity index (χ1v) is 3.23. The highest BCUT2D eigenvalue weighted by molar-refractivity contribution is 5.80. The van der Waals surface area contributed by atoms with Gasteiger partial charge in [-0.1, -0.05) is 0 Å². The maximum Gasteiger partial charge on any atom is 0.315 e. The molecule has 4 nitrogen and oxygen atoms in total. The van der Waals surface area contributed by atoms with Crippen LogP contribution in [0.5, 0.6) is 0 Å². The molecule has 0 heterocycles. The van der Waals surface area contributed by atoms with Crippen molar-refractivity contribution in [1.29, 1.82) is 0 Å². The molecule has 1 aliphatic carbocycles. The Morgan fingerprint density at radius 1 is 1.70 bits per heavy atom. The molecule has 10 heavy (non-hydrogen) atoms. The third-order valence-corrected chi connectivity index (χ3v) is 1.87. The molecular weight excluding hydrogens is 134 g/mol. The maximum absolute atomic E-state index is 10.9. The number of rotatable bonds is 3. The van der Waals surface area contributed by atoms with Crippen molar-refractivity contribution in [3.05, 3.63) is 0 Å². The van der Waals surface area contributed by atoms with Gasteiger partial charge in [0.2, 0.25) is 0 Å². The van der Waals surface area contributed by atoms with Gasteiger partial charge in [-0.15, -0.1) is 0 Å². The number of nitrogens with two attached hydrogens (primary N) is 1. The van der Waals surface area contributed by atoms with Gasteiger partial charge in [-0.25, -0.2) is 0 Å². The Morgan fingerprint density at radius 3 is 2.60 bits per heavy atom. The molecular formula is C6H11NO3. The Bertz CT molecular complexity index is 142. The lowest BCUT2D eigenvalue weighted by atomic mass is 10.1.